The fraction of sp³-hybridized carbons (Fsp3) is 1.00. The molecule has 3 aliphatic rings. The molecule has 3 fully saturated rings. The lowest BCUT2D eigenvalue weighted by Crippen LogP contribution is -2.60. The SMILES string of the molecule is CC1CC(CN)(N2CCC3CCCCC32)CCO1. The van der Waals surface area contributed by atoms with E-state index in [-0.39, 0.29) is 5.54 Å². The van der Waals surface area contributed by atoms with Crippen molar-refractivity contribution < 1.29 is 4.74 Å². The Kier molecular flexibility index (Phi) is 3.65. The van der Waals surface area contributed by atoms with Crippen LogP contribution in [0, 0.1) is 5.92 Å². The van der Waals surface area contributed by atoms with Crippen LogP contribution in [-0.2, 0) is 4.74 Å². The van der Waals surface area contributed by atoms with Crippen molar-refractivity contribution in [1.82, 2.24) is 4.90 Å². The molecule has 3 heteroatoms. The molecule has 0 amide bonds. The van der Waals surface area contributed by atoms with Gasteiger partial charge in [-0.1, -0.05) is 12.8 Å². The summed E-state index contributed by atoms with van der Waals surface area (Å²) in [5, 5.41) is 0. The highest BCUT2D eigenvalue weighted by Gasteiger charge is 2.47. The molecule has 2 saturated heterocycles. The summed E-state index contributed by atoms with van der Waals surface area (Å²) in [5.74, 6) is 0.959. The van der Waals surface area contributed by atoms with Crippen LogP contribution in [0.2, 0.25) is 0 Å². The second-order valence-electron chi connectivity index (χ2n) is 6.66. The minimum Gasteiger partial charge on any atom is -0.378 e. The van der Waals surface area contributed by atoms with E-state index in [9.17, 15) is 0 Å². The molecular weight excluding hydrogens is 224 g/mol. The minimum atomic E-state index is 0.244. The van der Waals surface area contributed by atoms with Gasteiger partial charge >= 0.3 is 0 Å². The van der Waals surface area contributed by atoms with Gasteiger partial charge in [-0.2, -0.15) is 0 Å². The van der Waals surface area contributed by atoms with Gasteiger partial charge in [0.1, 0.15) is 0 Å². The van der Waals surface area contributed by atoms with Gasteiger partial charge in [0.25, 0.3) is 0 Å². The zero-order chi connectivity index (χ0) is 12.6. The van der Waals surface area contributed by atoms with E-state index in [0.29, 0.717) is 6.10 Å². The summed E-state index contributed by atoms with van der Waals surface area (Å²) in [6, 6.07) is 0.826. The van der Waals surface area contributed by atoms with Gasteiger partial charge in [-0.3, -0.25) is 4.90 Å². The maximum absolute atomic E-state index is 6.20. The molecule has 2 aliphatic heterocycles. The number of nitrogens with two attached hydrogens (primary N) is 1. The smallest absolute Gasteiger partial charge is 0.0565 e. The van der Waals surface area contributed by atoms with Crippen LogP contribution in [0.15, 0.2) is 0 Å². The zero-order valence-electron chi connectivity index (χ0n) is 11.7. The maximum atomic E-state index is 6.20. The first-order valence-electron chi connectivity index (χ1n) is 7.83. The van der Waals surface area contributed by atoms with Crippen molar-refractivity contribution >= 4 is 0 Å². The Morgan fingerprint density at radius 1 is 1.28 bits per heavy atom. The zero-order valence-corrected chi connectivity index (χ0v) is 11.7. The minimum absolute atomic E-state index is 0.244. The van der Waals surface area contributed by atoms with Crippen LogP contribution >= 0.6 is 0 Å². The van der Waals surface area contributed by atoms with Gasteiger partial charge in [-0.15, -0.1) is 0 Å². The molecule has 104 valence electrons. The van der Waals surface area contributed by atoms with Crippen molar-refractivity contribution in [3.05, 3.63) is 0 Å². The Morgan fingerprint density at radius 3 is 2.89 bits per heavy atom. The highest BCUT2D eigenvalue weighted by molar-refractivity contribution is 5.03. The topological polar surface area (TPSA) is 38.5 Å². The molecule has 4 unspecified atom stereocenters. The third kappa shape index (κ3) is 2.10. The van der Waals surface area contributed by atoms with E-state index in [1.165, 1.54) is 38.6 Å². The number of rotatable bonds is 2. The first-order chi connectivity index (χ1) is 8.75. The van der Waals surface area contributed by atoms with Crippen molar-refractivity contribution in [3.63, 3.8) is 0 Å². The Labute approximate surface area is 111 Å². The number of hydrogen-bond acceptors (Lipinski definition) is 3. The van der Waals surface area contributed by atoms with Crippen LogP contribution in [-0.4, -0.2) is 42.3 Å². The summed E-state index contributed by atoms with van der Waals surface area (Å²) in [5.41, 5.74) is 6.45. The number of likely N-dealkylation sites (tertiary alicyclic amines) is 1. The van der Waals surface area contributed by atoms with Crippen LogP contribution in [0.1, 0.15) is 51.9 Å². The molecule has 1 saturated carbocycles. The van der Waals surface area contributed by atoms with Gasteiger partial charge in [-0.25, -0.2) is 0 Å². The maximum Gasteiger partial charge on any atom is 0.0565 e. The number of hydrogen-bond donors (Lipinski definition) is 1. The van der Waals surface area contributed by atoms with E-state index in [1.54, 1.807) is 0 Å². The van der Waals surface area contributed by atoms with Crippen molar-refractivity contribution in [2.75, 3.05) is 19.7 Å². The normalized spacial score (nSPS) is 46.0. The third-order valence-corrected chi connectivity index (χ3v) is 5.64. The van der Waals surface area contributed by atoms with E-state index in [2.05, 4.69) is 11.8 Å². The third-order valence-electron chi connectivity index (χ3n) is 5.64. The average Bonchev–Trinajstić information content (AvgIpc) is 2.83. The summed E-state index contributed by atoms with van der Waals surface area (Å²) in [7, 11) is 0. The highest BCUT2D eigenvalue weighted by Crippen LogP contribution is 2.43. The van der Waals surface area contributed by atoms with Crippen LogP contribution in [0.4, 0.5) is 0 Å². The molecule has 2 heterocycles. The van der Waals surface area contributed by atoms with Gasteiger partial charge in [0.2, 0.25) is 0 Å². The largest absolute Gasteiger partial charge is 0.378 e. The fourth-order valence-electron chi connectivity index (χ4n) is 4.70. The van der Waals surface area contributed by atoms with Crippen LogP contribution in [0.25, 0.3) is 0 Å². The van der Waals surface area contributed by atoms with Crippen LogP contribution in [0.5, 0.6) is 0 Å². The molecule has 3 rings (SSSR count). The van der Waals surface area contributed by atoms with Gasteiger partial charge in [0, 0.05) is 24.7 Å². The fourth-order valence-corrected chi connectivity index (χ4v) is 4.70. The second-order valence-corrected chi connectivity index (χ2v) is 6.66. The van der Waals surface area contributed by atoms with E-state index >= 15 is 0 Å². The van der Waals surface area contributed by atoms with Gasteiger partial charge in [-0.05, 0) is 51.5 Å². The van der Waals surface area contributed by atoms with Gasteiger partial charge in [0.15, 0.2) is 0 Å². The molecule has 18 heavy (non-hydrogen) atoms. The Morgan fingerprint density at radius 2 is 2.11 bits per heavy atom. The van der Waals surface area contributed by atoms with Crippen molar-refractivity contribution in [2.24, 2.45) is 11.7 Å². The molecule has 0 aromatic carbocycles. The van der Waals surface area contributed by atoms with E-state index in [1.807, 2.05) is 0 Å². The predicted octanol–water partition coefficient (Wildman–Crippen LogP) is 2.15. The molecular formula is C15H28N2O. The summed E-state index contributed by atoms with van der Waals surface area (Å²) >= 11 is 0. The monoisotopic (exact) mass is 252 g/mol. The molecule has 0 spiro atoms. The first kappa shape index (κ1) is 12.9. The molecule has 0 aromatic rings. The van der Waals surface area contributed by atoms with E-state index in [0.717, 1.165) is 38.0 Å². The Balaban J connectivity index is 1.78. The summed E-state index contributed by atoms with van der Waals surface area (Å²) < 4.78 is 5.75. The van der Waals surface area contributed by atoms with Crippen LogP contribution < -0.4 is 5.73 Å². The van der Waals surface area contributed by atoms with Crippen LogP contribution in [0.3, 0.4) is 0 Å². The second kappa shape index (κ2) is 5.10. The number of nitrogens with zero attached hydrogens (tertiary/aromatic N) is 1. The van der Waals surface area contributed by atoms with E-state index < -0.39 is 0 Å². The van der Waals surface area contributed by atoms with Gasteiger partial charge < -0.3 is 10.5 Å². The molecule has 0 radical (unpaired) electrons. The summed E-state index contributed by atoms with van der Waals surface area (Å²) in [6.45, 7) is 5.19. The van der Waals surface area contributed by atoms with Crippen molar-refractivity contribution in [2.45, 2.75) is 69.6 Å². The molecule has 0 aromatic heterocycles. The predicted molar refractivity (Wildman–Crippen MR) is 73.5 cm³/mol. The number of fused-ring (bicyclic) bond motifs is 1. The van der Waals surface area contributed by atoms with Crippen molar-refractivity contribution in [3.8, 4) is 0 Å². The van der Waals surface area contributed by atoms with Crippen molar-refractivity contribution in [1.29, 1.82) is 0 Å². The highest BCUT2D eigenvalue weighted by atomic mass is 16.5. The number of ether oxygens (including phenoxy) is 1. The molecule has 0 bridgehead atoms. The average molecular weight is 252 g/mol. The Bertz CT molecular complexity index is 296. The molecule has 2 N–H and O–H groups in total. The molecule has 4 atom stereocenters. The first-order valence-corrected chi connectivity index (χ1v) is 7.83. The summed E-state index contributed by atoms with van der Waals surface area (Å²) in [4.78, 5) is 2.80. The lowest BCUT2D eigenvalue weighted by molar-refractivity contribution is -0.0730. The lowest BCUT2D eigenvalue weighted by Gasteiger charge is -2.49. The lowest BCUT2D eigenvalue weighted by atomic mass is 9.80. The standard InChI is InChI=1S/C15H28N2O/c1-12-10-15(11-16,7-9-18-12)17-8-6-13-4-2-3-5-14(13)17/h12-14H,2-11,16H2,1H3. The molecule has 1 aliphatic carbocycles. The molecule has 3 nitrogen and oxygen atoms in total. The van der Waals surface area contributed by atoms with E-state index in [4.69, 9.17) is 10.5 Å². The summed E-state index contributed by atoms with van der Waals surface area (Å²) in [6.07, 6.45) is 9.78. The Hall–Kier alpha value is -0.120. The van der Waals surface area contributed by atoms with Gasteiger partial charge in [0.05, 0.1) is 6.10 Å². The quantitative estimate of drug-likeness (QED) is 0.818.